The smallest absolute Gasteiger partial charge is 0.294 e. The van der Waals surface area contributed by atoms with Crippen LogP contribution in [0.2, 0.25) is 0 Å². The number of aromatic nitrogens is 1. The van der Waals surface area contributed by atoms with Gasteiger partial charge in [0.05, 0.1) is 16.8 Å². The molecule has 8 heteroatoms. The van der Waals surface area contributed by atoms with Gasteiger partial charge in [-0.15, -0.1) is 0 Å². The first-order valence-electron chi connectivity index (χ1n) is 7.98. The SMILES string of the molecule is Cc1ccc(S(=O)(=O)O)cc1.Fc1ccc(N2C[C@@H]3C[C@H]2CN3)cn1. The maximum atomic E-state index is 12.6. The molecule has 2 saturated heterocycles. The summed E-state index contributed by atoms with van der Waals surface area (Å²) >= 11 is 0. The van der Waals surface area contributed by atoms with Crippen molar-refractivity contribution in [3.05, 3.63) is 54.1 Å². The molecule has 2 N–H and O–H groups in total. The Morgan fingerprint density at radius 2 is 1.96 bits per heavy atom. The molecule has 1 aromatic heterocycles. The number of pyridine rings is 1. The van der Waals surface area contributed by atoms with Crippen LogP contribution in [-0.2, 0) is 10.1 Å². The van der Waals surface area contributed by atoms with Gasteiger partial charge in [-0.25, -0.2) is 4.98 Å². The van der Waals surface area contributed by atoms with Crippen LogP contribution in [0.4, 0.5) is 10.1 Å². The Bertz CT molecular complexity index is 825. The number of halogens is 1. The number of fused-ring (bicyclic) bond motifs is 2. The monoisotopic (exact) mass is 365 g/mol. The van der Waals surface area contributed by atoms with E-state index in [0.29, 0.717) is 12.1 Å². The highest BCUT2D eigenvalue weighted by molar-refractivity contribution is 7.85. The molecule has 1 aromatic carbocycles. The first-order valence-corrected chi connectivity index (χ1v) is 9.42. The molecule has 2 atom stereocenters. The Balaban J connectivity index is 0.000000151. The molecule has 0 radical (unpaired) electrons. The quantitative estimate of drug-likeness (QED) is 0.626. The lowest BCUT2D eigenvalue weighted by molar-refractivity contribution is 0.483. The molecule has 134 valence electrons. The van der Waals surface area contributed by atoms with Crippen molar-refractivity contribution in [3.63, 3.8) is 0 Å². The average molecular weight is 365 g/mol. The second-order valence-electron chi connectivity index (χ2n) is 6.27. The molecular formula is C17H20FN3O3S. The molecule has 4 rings (SSSR count). The molecule has 6 nitrogen and oxygen atoms in total. The van der Waals surface area contributed by atoms with E-state index in [1.165, 1.54) is 24.6 Å². The summed E-state index contributed by atoms with van der Waals surface area (Å²) in [6.45, 7) is 3.91. The minimum atomic E-state index is -4.02. The number of nitrogens with one attached hydrogen (secondary N) is 1. The van der Waals surface area contributed by atoms with Gasteiger partial charge in [0.15, 0.2) is 0 Å². The third-order valence-electron chi connectivity index (χ3n) is 4.42. The van der Waals surface area contributed by atoms with Crippen molar-refractivity contribution in [3.8, 4) is 0 Å². The molecule has 2 fully saturated rings. The largest absolute Gasteiger partial charge is 0.364 e. The van der Waals surface area contributed by atoms with E-state index in [0.717, 1.165) is 24.3 Å². The second kappa shape index (κ2) is 7.07. The summed E-state index contributed by atoms with van der Waals surface area (Å²) in [4.78, 5) is 5.93. The number of rotatable bonds is 2. The third-order valence-corrected chi connectivity index (χ3v) is 5.29. The Kier molecular flexibility index (Phi) is 5.03. The minimum Gasteiger partial charge on any atom is -0.364 e. The summed E-state index contributed by atoms with van der Waals surface area (Å²) in [5.41, 5.74) is 2.00. The summed E-state index contributed by atoms with van der Waals surface area (Å²) in [6.07, 6.45) is 2.83. The van der Waals surface area contributed by atoms with Gasteiger partial charge in [0.1, 0.15) is 0 Å². The van der Waals surface area contributed by atoms with Gasteiger partial charge in [-0.3, -0.25) is 4.55 Å². The van der Waals surface area contributed by atoms with Crippen LogP contribution in [0.3, 0.4) is 0 Å². The molecule has 2 aliphatic rings. The predicted molar refractivity (Wildman–Crippen MR) is 92.7 cm³/mol. The van der Waals surface area contributed by atoms with Crippen molar-refractivity contribution in [1.82, 2.24) is 10.3 Å². The van der Waals surface area contributed by atoms with E-state index in [4.69, 9.17) is 4.55 Å². The van der Waals surface area contributed by atoms with E-state index in [1.807, 2.05) is 13.0 Å². The summed E-state index contributed by atoms with van der Waals surface area (Å²) in [5, 5.41) is 3.43. The zero-order valence-electron chi connectivity index (χ0n) is 13.8. The molecule has 25 heavy (non-hydrogen) atoms. The Morgan fingerprint density at radius 3 is 2.44 bits per heavy atom. The molecular weight excluding hydrogens is 345 g/mol. The Hall–Kier alpha value is -2.03. The molecule has 0 unspecified atom stereocenters. The van der Waals surface area contributed by atoms with Crippen LogP contribution < -0.4 is 10.2 Å². The summed E-state index contributed by atoms with van der Waals surface area (Å²) < 4.78 is 42.2. The maximum absolute atomic E-state index is 12.6. The summed E-state index contributed by atoms with van der Waals surface area (Å²) in [5.74, 6) is -0.406. The van der Waals surface area contributed by atoms with Crippen LogP contribution in [0.25, 0.3) is 0 Å². The van der Waals surface area contributed by atoms with Gasteiger partial charge < -0.3 is 10.2 Å². The van der Waals surface area contributed by atoms with Gasteiger partial charge in [-0.2, -0.15) is 12.8 Å². The highest BCUT2D eigenvalue weighted by Crippen LogP contribution is 2.28. The van der Waals surface area contributed by atoms with Crippen LogP contribution in [-0.4, -0.2) is 43.1 Å². The molecule has 0 aliphatic carbocycles. The lowest BCUT2D eigenvalue weighted by Crippen LogP contribution is -2.43. The third kappa shape index (κ3) is 4.33. The van der Waals surface area contributed by atoms with Crippen LogP contribution in [0.5, 0.6) is 0 Å². The lowest BCUT2D eigenvalue weighted by Gasteiger charge is -2.29. The van der Waals surface area contributed by atoms with Crippen molar-refractivity contribution < 1.29 is 17.4 Å². The average Bonchev–Trinajstić information content (AvgIpc) is 3.19. The van der Waals surface area contributed by atoms with Crippen molar-refractivity contribution >= 4 is 15.8 Å². The van der Waals surface area contributed by atoms with Crippen LogP contribution in [0.15, 0.2) is 47.5 Å². The Labute approximate surface area is 146 Å². The molecule has 2 aliphatic heterocycles. The first kappa shape index (κ1) is 17.8. The van der Waals surface area contributed by atoms with Gasteiger partial charge >= 0.3 is 0 Å². The van der Waals surface area contributed by atoms with E-state index in [-0.39, 0.29) is 4.90 Å². The van der Waals surface area contributed by atoms with E-state index in [2.05, 4.69) is 15.2 Å². The second-order valence-corrected chi connectivity index (χ2v) is 7.70. The van der Waals surface area contributed by atoms with Crippen molar-refractivity contribution in [2.24, 2.45) is 0 Å². The highest BCUT2D eigenvalue weighted by atomic mass is 32.2. The highest BCUT2D eigenvalue weighted by Gasteiger charge is 2.37. The van der Waals surface area contributed by atoms with Gasteiger partial charge in [0, 0.05) is 25.2 Å². The van der Waals surface area contributed by atoms with E-state index < -0.39 is 16.1 Å². The fourth-order valence-electron chi connectivity index (χ4n) is 3.13. The zero-order chi connectivity index (χ0) is 18.0. The molecule has 2 bridgehead atoms. The first-order chi connectivity index (χ1) is 11.8. The lowest BCUT2D eigenvalue weighted by atomic mass is 10.2. The van der Waals surface area contributed by atoms with Crippen molar-refractivity contribution in [2.75, 3.05) is 18.0 Å². The topological polar surface area (TPSA) is 82.5 Å². The molecule has 0 spiro atoms. The van der Waals surface area contributed by atoms with Gasteiger partial charge in [0.25, 0.3) is 10.1 Å². The van der Waals surface area contributed by atoms with E-state index >= 15 is 0 Å². The van der Waals surface area contributed by atoms with E-state index in [9.17, 15) is 12.8 Å². The van der Waals surface area contributed by atoms with Crippen molar-refractivity contribution in [2.45, 2.75) is 30.3 Å². The summed E-state index contributed by atoms with van der Waals surface area (Å²) in [6, 6.07) is 10.4. The number of piperazine rings is 1. The normalized spacial score (nSPS) is 21.8. The number of hydrogen-bond acceptors (Lipinski definition) is 5. The Morgan fingerprint density at radius 1 is 1.24 bits per heavy atom. The maximum Gasteiger partial charge on any atom is 0.294 e. The number of anilines is 1. The number of benzene rings is 1. The number of aryl methyl sites for hydroxylation is 1. The fourth-order valence-corrected chi connectivity index (χ4v) is 3.61. The van der Waals surface area contributed by atoms with Crippen LogP contribution in [0, 0.1) is 12.9 Å². The standard InChI is InChI=1S/C10H12FN3.C7H8O3S/c11-10-2-1-8(4-13-10)14-6-7-3-9(14)5-12-7;1-6-2-4-7(5-3-6)11(8,9)10/h1-2,4,7,9,12H,3,5-6H2;2-5H,1H3,(H,8,9,10)/t7-,9-;/m0./s1. The van der Waals surface area contributed by atoms with Gasteiger partial charge in [-0.1, -0.05) is 17.7 Å². The zero-order valence-corrected chi connectivity index (χ0v) is 14.6. The number of nitrogens with zero attached hydrogens (tertiary/aromatic N) is 2. The fraction of sp³-hybridized carbons (Fsp3) is 0.353. The molecule has 3 heterocycles. The summed E-state index contributed by atoms with van der Waals surface area (Å²) in [7, 11) is -4.02. The minimum absolute atomic E-state index is 0.0666. The molecule has 0 saturated carbocycles. The van der Waals surface area contributed by atoms with Crippen LogP contribution >= 0.6 is 0 Å². The molecule has 2 aromatic rings. The van der Waals surface area contributed by atoms with Gasteiger partial charge in [0.2, 0.25) is 5.95 Å². The van der Waals surface area contributed by atoms with Crippen molar-refractivity contribution in [1.29, 1.82) is 0 Å². The predicted octanol–water partition coefficient (Wildman–Crippen LogP) is 2.01. The van der Waals surface area contributed by atoms with E-state index in [1.54, 1.807) is 18.3 Å². The van der Waals surface area contributed by atoms with Crippen LogP contribution in [0.1, 0.15) is 12.0 Å². The number of hydrogen-bond donors (Lipinski definition) is 2. The molecule has 0 amide bonds. The van der Waals surface area contributed by atoms with Gasteiger partial charge in [-0.05, 0) is 37.6 Å².